The van der Waals surface area contributed by atoms with Gasteiger partial charge in [-0.05, 0) is 0 Å². The third-order valence-electron chi connectivity index (χ3n) is 1.77. The normalized spacial score (nSPS) is 27.3. The van der Waals surface area contributed by atoms with Crippen molar-refractivity contribution in [3.63, 3.8) is 0 Å². The van der Waals surface area contributed by atoms with E-state index in [0.29, 0.717) is 3.57 Å². The van der Waals surface area contributed by atoms with Crippen LogP contribution in [-0.4, -0.2) is 9.72 Å². The molecule has 2 nitrogen and oxygen atoms in total. The molecule has 84 valence electrons. The van der Waals surface area contributed by atoms with Crippen LogP contribution in [0.25, 0.3) is 0 Å². The van der Waals surface area contributed by atoms with E-state index in [1.807, 2.05) is 0 Å². The Morgan fingerprint density at radius 3 is 2.53 bits per heavy atom. The molecule has 0 aliphatic carbocycles. The number of hydrogen-bond acceptors (Lipinski definition) is 2. The predicted molar refractivity (Wildman–Crippen MR) is 59.9 cm³/mol. The molecule has 0 saturated carbocycles. The zero-order valence-electron chi connectivity index (χ0n) is 6.96. The molecule has 1 atom stereocenters. The first-order valence-electron chi connectivity index (χ1n) is 3.65. The minimum atomic E-state index is -4.84. The van der Waals surface area contributed by atoms with Crippen LogP contribution < -0.4 is 0 Å². The number of alkyl halides is 3. The van der Waals surface area contributed by atoms with Gasteiger partial charge in [0.25, 0.3) is 0 Å². The summed E-state index contributed by atoms with van der Waals surface area (Å²) in [7, 11) is 1.43. The van der Waals surface area contributed by atoms with Gasteiger partial charge in [-0.15, -0.1) is 0 Å². The number of hydrogen-bond donors (Lipinski definition) is 0. The molecule has 0 N–H and O–H groups in total. The van der Waals surface area contributed by atoms with E-state index in [9.17, 15) is 17.4 Å². The van der Waals surface area contributed by atoms with Gasteiger partial charge in [0.1, 0.15) is 0 Å². The molecular formula is C7H4ClF3INOS. The van der Waals surface area contributed by atoms with E-state index in [2.05, 4.69) is 2.58 Å². The van der Waals surface area contributed by atoms with Gasteiger partial charge in [-0.25, -0.2) is 0 Å². The van der Waals surface area contributed by atoms with Gasteiger partial charge >= 0.3 is 95.8 Å². The van der Waals surface area contributed by atoms with Crippen LogP contribution in [0.2, 0.25) is 0 Å². The molecule has 2 rings (SSSR count). The standard InChI is InChI=1S/C7H4ClF3INOS/c8-12-5-3-1-2-4-6(5)15(14,13-12)7(9,10)11/h1-4H/t15-/m0/s1. The monoisotopic (exact) mass is 369 g/mol. The molecule has 1 aromatic rings. The third kappa shape index (κ3) is 1.64. The van der Waals surface area contributed by atoms with Gasteiger partial charge in [0.2, 0.25) is 0 Å². The van der Waals surface area contributed by atoms with Gasteiger partial charge in [0.15, 0.2) is 0 Å². The summed E-state index contributed by atoms with van der Waals surface area (Å²) in [6.07, 6.45) is 0. The Morgan fingerprint density at radius 1 is 1.33 bits per heavy atom. The molecule has 0 fully saturated rings. The van der Waals surface area contributed by atoms with Crippen molar-refractivity contribution >= 4 is 37.6 Å². The fourth-order valence-electron chi connectivity index (χ4n) is 1.12. The summed E-state index contributed by atoms with van der Waals surface area (Å²) in [6, 6.07) is 5.64. The van der Waals surface area contributed by atoms with Gasteiger partial charge in [-0.2, -0.15) is 0 Å². The molecule has 15 heavy (non-hydrogen) atoms. The molecule has 0 spiro atoms. The second-order valence-corrected chi connectivity index (χ2v) is 10.2. The molecule has 1 aliphatic rings. The molecule has 1 aromatic carbocycles. The van der Waals surface area contributed by atoms with Crippen molar-refractivity contribution in [2.45, 2.75) is 10.4 Å². The summed E-state index contributed by atoms with van der Waals surface area (Å²) in [5.41, 5.74) is -4.84. The Labute approximate surface area is 95.4 Å². The number of nitrogens with zero attached hydrogens (tertiary/aromatic N) is 1. The Hall–Kier alpha value is -0.0200. The molecule has 1 heterocycles. The zero-order chi connectivity index (χ0) is 11.3. The van der Waals surface area contributed by atoms with Gasteiger partial charge in [-0.1, -0.05) is 0 Å². The van der Waals surface area contributed by atoms with E-state index < -0.39 is 34.2 Å². The van der Waals surface area contributed by atoms with Crippen molar-refractivity contribution in [2.75, 3.05) is 0 Å². The fourth-order valence-corrected chi connectivity index (χ4v) is 10.9. The summed E-state index contributed by atoms with van der Waals surface area (Å²) in [5.74, 6) is 0. The predicted octanol–water partition coefficient (Wildman–Crippen LogP) is 3.79. The van der Waals surface area contributed by atoms with Gasteiger partial charge in [0, 0.05) is 0 Å². The van der Waals surface area contributed by atoms with Crippen molar-refractivity contribution in [1.29, 1.82) is 0 Å². The molecule has 0 unspecified atom stereocenters. The van der Waals surface area contributed by atoms with Crippen molar-refractivity contribution < 1.29 is 17.4 Å². The molecule has 0 aromatic heterocycles. The van der Waals surface area contributed by atoms with Crippen molar-refractivity contribution in [1.82, 2.24) is 0 Å². The van der Waals surface area contributed by atoms with Crippen LogP contribution in [0, 0.1) is 3.57 Å². The van der Waals surface area contributed by atoms with E-state index in [1.54, 1.807) is 6.07 Å². The minimum absolute atomic E-state index is 0.252. The Bertz CT molecular complexity index is 523. The van der Waals surface area contributed by atoms with Gasteiger partial charge in [0.05, 0.1) is 0 Å². The van der Waals surface area contributed by atoms with E-state index in [-0.39, 0.29) is 4.90 Å². The maximum atomic E-state index is 12.6. The molecular weight excluding hydrogens is 366 g/mol. The first-order chi connectivity index (χ1) is 6.86. The van der Waals surface area contributed by atoms with E-state index in [4.69, 9.17) is 8.91 Å². The topological polar surface area (TPSA) is 29.4 Å². The molecule has 1 aliphatic heterocycles. The third-order valence-corrected chi connectivity index (χ3v) is 10.7. The van der Waals surface area contributed by atoms with Crippen LogP contribution in [0.3, 0.4) is 0 Å². The van der Waals surface area contributed by atoms with E-state index in [1.165, 1.54) is 18.2 Å². The molecule has 0 radical (unpaired) electrons. The van der Waals surface area contributed by atoms with Crippen LogP contribution in [0.4, 0.5) is 13.2 Å². The quantitative estimate of drug-likeness (QED) is 0.640. The van der Waals surface area contributed by atoms with Crippen LogP contribution >= 0.6 is 27.9 Å². The van der Waals surface area contributed by atoms with Crippen LogP contribution in [0.15, 0.2) is 31.7 Å². The van der Waals surface area contributed by atoms with E-state index >= 15 is 0 Å². The Kier molecular flexibility index (Phi) is 2.67. The average molecular weight is 370 g/mol. The van der Waals surface area contributed by atoms with Gasteiger partial charge < -0.3 is 0 Å². The fraction of sp³-hybridized carbons (Fsp3) is 0.143. The second kappa shape index (κ2) is 3.49. The number of rotatable bonds is 0. The summed E-state index contributed by atoms with van der Waals surface area (Å²) < 4.78 is 53.1. The van der Waals surface area contributed by atoms with Gasteiger partial charge in [-0.3, -0.25) is 0 Å². The summed E-state index contributed by atoms with van der Waals surface area (Å²) in [5, 5.41) is 0. The maximum absolute atomic E-state index is 12.6. The van der Waals surface area contributed by atoms with Crippen molar-refractivity contribution in [3.8, 4) is 0 Å². The van der Waals surface area contributed by atoms with Crippen molar-refractivity contribution in [2.24, 2.45) is 2.58 Å². The number of benzene rings is 1. The molecule has 0 bridgehead atoms. The summed E-state index contributed by atoms with van der Waals surface area (Å²) in [4.78, 5) is -0.252. The van der Waals surface area contributed by atoms with Crippen LogP contribution in [0.5, 0.6) is 0 Å². The van der Waals surface area contributed by atoms with E-state index in [0.717, 1.165) is 0 Å². The molecule has 8 heteroatoms. The Balaban J connectivity index is 2.75. The number of halogens is 5. The summed E-state index contributed by atoms with van der Waals surface area (Å²) in [6.45, 7) is 0. The molecule has 0 amide bonds. The zero-order valence-corrected chi connectivity index (χ0v) is 10.7. The van der Waals surface area contributed by atoms with Crippen LogP contribution in [-0.2, 0) is 9.73 Å². The van der Waals surface area contributed by atoms with Crippen LogP contribution in [0.1, 0.15) is 0 Å². The first-order valence-corrected chi connectivity index (χ1v) is 9.94. The average Bonchev–Trinajstić information content (AvgIpc) is 2.41. The second-order valence-electron chi connectivity index (χ2n) is 2.69. The SMILES string of the molecule is O=[S@@]1(C(F)(F)F)=NI(Cl)c2ccccc21. The van der Waals surface area contributed by atoms with Crippen molar-refractivity contribution in [3.05, 3.63) is 27.8 Å². The first kappa shape index (κ1) is 11.5. The summed E-state index contributed by atoms with van der Waals surface area (Å²) >= 11 is -2.75. The Morgan fingerprint density at radius 2 is 1.93 bits per heavy atom. The number of fused-ring (bicyclic) bond motifs is 1. The molecule has 0 saturated heterocycles.